The average Bonchev–Trinajstić information content (AvgIpc) is 2.91. The van der Waals surface area contributed by atoms with Crippen molar-refractivity contribution < 1.29 is 13.6 Å². The SMILES string of the molecule is O=C(Cc1cccc(F)c1F)c1cnc2ccsc2c1. The maximum atomic E-state index is 13.5. The molecule has 0 saturated heterocycles. The minimum Gasteiger partial charge on any atom is -0.294 e. The van der Waals surface area contributed by atoms with Crippen LogP contribution in [0, 0.1) is 11.6 Å². The summed E-state index contributed by atoms with van der Waals surface area (Å²) in [5.74, 6) is -2.19. The second-order valence-corrected chi connectivity index (χ2v) is 5.29. The van der Waals surface area contributed by atoms with Crippen LogP contribution in [-0.2, 0) is 6.42 Å². The van der Waals surface area contributed by atoms with Gasteiger partial charge in [-0.15, -0.1) is 11.3 Å². The number of halogens is 2. The Labute approximate surface area is 117 Å². The molecule has 0 N–H and O–H groups in total. The Morgan fingerprint density at radius 1 is 1.25 bits per heavy atom. The van der Waals surface area contributed by atoms with Crippen molar-refractivity contribution in [2.45, 2.75) is 6.42 Å². The second-order valence-electron chi connectivity index (χ2n) is 4.34. The quantitative estimate of drug-likeness (QED) is 0.682. The molecule has 2 heterocycles. The van der Waals surface area contributed by atoms with Crippen LogP contribution >= 0.6 is 11.3 Å². The van der Waals surface area contributed by atoms with Gasteiger partial charge in [0.2, 0.25) is 0 Å². The minimum absolute atomic E-state index is 0.0567. The first-order valence-corrected chi connectivity index (χ1v) is 6.82. The van der Waals surface area contributed by atoms with Crippen LogP contribution < -0.4 is 0 Å². The van der Waals surface area contributed by atoms with E-state index < -0.39 is 11.6 Å². The number of hydrogen-bond donors (Lipinski definition) is 0. The summed E-state index contributed by atoms with van der Waals surface area (Å²) in [4.78, 5) is 16.3. The fraction of sp³-hybridized carbons (Fsp3) is 0.0667. The number of pyridine rings is 1. The van der Waals surface area contributed by atoms with Crippen LogP contribution in [0.1, 0.15) is 15.9 Å². The summed E-state index contributed by atoms with van der Waals surface area (Å²) in [5, 5.41) is 1.89. The summed E-state index contributed by atoms with van der Waals surface area (Å²) in [6.07, 6.45) is 1.29. The van der Waals surface area contributed by atoms with E-state index in [1.807, 2.05) is 11.4 Å². The van der Waals surface area contributed by atoms with Gasteiger partial charge in [0.15, 0.2) is 17.4 Å². The Morgan fingerprint density at radius 2 is 2.10 bits per heavy atom. The molecule has 3 rings (SSSR count). The standard InChI is InChI=1S/C15H9F2NOS/c16-11-3-1-2-9(15(11)17)6-13(19)10-7-14-12(18-8-10)4-5-20-14/h1-5,7-8H,6H2. The maximum Gasteiger partial charge on any atom is 0.168 e. The van der Waals surface area contributed by atoms with Crippen LogP contribution in [0.3, 0.4) is 0 Å². The Hall–Kier alpha value is -2.14. The van der Waals surface area contributed by atoms with Crippen molar-refractivity contribution in [3.63, 3.8) is 0 Å². The summed E-state index contributed by atoms with van der Waals surface area (Å²) >= 11 is 1.48. The lowest BCUT2D eigenvalue weighted by Crippen LogP contribution is -2.06. The van der Waals surface area contributed by atoms with Crippen LogP contribution in [0.15, 0.2) is 41.9 Å². The normalized spacial score (nSPS) is 10.9. The molecular formula is C15H9F2NOS. The van der Waals surface area contributed by atoms with Crippen LogP contribution in [0.2, 0.25) is 0 Å². The number of benzene rings is 1. The fourth-order valence-electron chi connectivity index (χ4n) is 1.96. The van der Waals surface area contributed by atoms with E-state index in [1.54, 1.807) is 6.07 Å². The number of carbonyl (C=O) groups excluding carboxylic acids is 1. The lowest BCUT2D eigenvalue weighted by Gasteiger charge is -2.03. The van der Waals surface area contributed by atoms with Crippen LogP contribution in [0.5, 0.6) is 0 Å². The highest BCUT2D eigenvalue weighted by Gasteiger charge is 2.14. The van der Waals surface area contributed by atoms with E-state index in [-0.39, 0.29) is 17.8 Å². The number of rotatable bonds is 3. The largest absolute Gasteiger partial charge is 0.294 e. The van der Waals surface area contributed by atoms with Gasteiger partial charge in [-0.25, -0.2) is 8.78 Å². The monoisotopic (exact) mass is 289 g/mol. The Morgan fingerprint density at radius 3 is 2.95 bits per heavy atom. The van der Waals surface area contributed by atoms with E-state index in [2.05, 4.69) is 4.98 Å². The highest BCUT2D eigenvalue weighted by Crippen LogP contribution is 2.21. The lowest BCUT2D eigenvalue weighted by molar-refractivity contribution is 0.0991. The van der Waals surface area contributed by atoms with Gasteiger partial charge in [-0.3, -0.25) is 9.78 Å². The van der Waals surface area contributed by atoms with Gasteiger partial charge in [-0.1, -0.05) is 12.1 Å². The van der Waals surface area contributed by atoms with Crippen LogP contribution in [0.4, 0.5) is 8.78 Å². The van der Waals surface area contributed by atoms with Crippen LogP contribution in [0.25, 0.3) is 10.2 Å². The zero-order valence-corrected chi connectivity index (χ0v) is 11.1. The van der Waals surface area contributed by atoms with Crippen molar-refractivity contribution in [3.8, 4) is 0 Å². The molecule has 2 nitrogen and oxygen atoms in total. The molecule has 0 amide bonds. The van der Waals surface area contributed by atoms with Crippen molar-refractivity contribution in [2.75, 3.05) is 0 Å². The van der Waals surface area contributed by atoms with Gasteiger partial charge >= 0.3 is 0 Å². The van der Waals surface area contributed by atoms with E-state index in [1.165, 1.54) is 29.7 Å². The van der Waals surface area contributed by atoms with Crippen molar-refractivity contribution in [3.05, 3.63) is 64.7 Å². The van der Waals surface area contributed by atoms with Gasteiger partial charge in [0.1, 0.15) is 0 Å². The second kappa shape index (κ2) is 5.09. The summed E-state index contributed by atoms with van der Waals surface area (Å²) in [6.45, 7) is 0. The van der Waals surface area contributed by atoms with E-state index in [0.717, 1.165) is 16.3 Å². The smallest absolute Gasteiger partial charge is 0.168 e. The molecule has 100 valence electrons. The first-order valence-electron chi connectivity index (χ1n) is 5.94. The highest BCUT2D eigenvalue weighted by atomic mass is 32.1. The number of ketones is 1. The molecule has 3 aromatic rings. The third kappa shape index (κ3) is 2.32. The number of hydrogen-bond acceptors (Lipinski definition) is 3. The average molecular weight is 289 g/mol. The fourth-order valence-corrected chi connectivity index (χ4v) is 2.74. The summed E-state index contributed by atoms with van der Waals surface area (Å²) in [7, 11) is 0. The van der Waals surface area contributed by atoms with Gasteiger partial charge in [-0.2, -0.15) is 0 Å². The molecule has 0 saturated carbocycles. The zero-order valence-electron chi connectivity index (χ0n) is 10.3. The number of aromatic nitrogens is 1. The molecule has 0 unspecified atom stereocenters. The minimum atomic E-state index is -0.967. The number of nitrogens with zero attached hydrogens (tertiary/aromatic N) is 1. The van der Waals surface area contributed by atoms with Gasteiger partial charge in [0.05, 0.1) is 10.2 Å². The summed E-state index contributed by atoms with van der Waals surface area (Å²) in [6, 6.07) is 7.42. The van der Waals surface area contributed by atoms with Gasteiger partial charge in [-0.05, 0) is 29.1 Å². The van der Waals surface area contributed by atoms with E-state index in [4.69, 9.17) is 0 Å². The molecule has 2 aromatic heterocycles. The Kier molecular flexibility index (Phi) is 3.28. The molecule has 5 heteroatoms. The summed E-state index contributed by atoms with van der Waals surface area (Å²) in [5.41, 5.74) is 1.29. The molecule has 0 atom stereocenters. The Bertz CT molecular complexity index is 797. The number of Topliss-reactive ketones (excluding diaryl/α,β-unsaturated/α-hetero) is 1. The molecule has 0 radical (unpaired) electrons. The van der Waals surface area contributed by atoms with E-state index in [0.29, 0.717) is 5.56 Å². The molecular weight excluding hydrogens is 280 g/mol. The molecule has 0 spiro atoms. The molecule has 1 aromatic carbocycles. The zero-order chi connectivity index (χ0) is 14.1. The number of thiophene rings is 1. The first kappa shape index (κ1) is 12.9. The maximum absolute atomic E-state index is 13.5. The van der Waals surface area contributed by atoms with E-state index in [9.17, 15) is 13.6 Å². The van der Waals surface area contributed by atoms with Crippen molar-refractivity contribution in [1.82, 2.24) is 4.98 Å². The molecule has 0 fully saturated rings. The van der Waals surface area contributed by atoms with Gasteiger partial charge in [0.25, 0.3) is 0 Å². The molecule has 0 aliphatic rings. The summed E-state index contributed by atoms with van der Waals surface area (Å²) < 4.78 is 27.5. The highest BCUT2D eigenvalue weighted by molar-refractivity contribution is 7.17. The van der Waals surface area contributed by atoms with Crippen molar-refractivity contribution in [2.24, 2.45) is 0 Å². The third-order valence-electron chi connectivity index (χ3n) is 3.01. The van der Waals surface area contributed by atoms with Crippen molar-refractivity contribution >= 4 is 27.3 Å². The first-order chi connectivity index (χ1) is 9.65. The third-order valence-corrected chi connectivity index (χ3v) is 3.86. The number of fused-ring (bicyclic) bond motifs is 1. The van der Waals surface area contributed by atoms with Gasteiger partial charge in [0, 0.05) is 18.2 Å². The molecule has 0 aliphatic carbocycles. The Balaban J connectivity index is 1.90. The molecule has 20 heavy (non-hydrogen) atoms. The predicted octanol–water partition coefficient (Wildman–Crippen LogP) is 4.00. The van der Waals surface area contributed by atoms with Crippen LogP contribution in [-0.4, -0.2) is 10.8 Å². The predicted molar refractivity (Wildman–Crippen MR) is 74.0 cm³/mol. The topological polar surface area (TPSA) is 30.0 Å². The lowest BCUT2D eigenvalue weighted by atomic mass is 10.0. The number of carbonyl (C=O) groups is 1. The van der Waals surface area contributed by atoms with Crippen molar-refractivity contribution in [1.29, 1.82) is 0 Å². The molecule has 0 aliphatic heterocycles. The van der Waals surface area contributed by atoms with Gasteiger partial charge < -0.3 is 0 Å². The molecule has 0 bridgehead atoms. The van der Waals surface area contributed by atoms with E-state index >= 15 is 0 Å².